The van der Waals surface area contributed by atoms with E-state index >= 15 is 0 Å². The molecule has 0 spiro atoms. The summed E-state index contributed by atoms with van der Waals surface area (Å²) in [5, 5.41) is 3.98. The number of nitrogens with two attached hydrogens (primary N) is 1. The van der Waals surface area contributed by atoms with E-state index in [0.29, 0.717) is 17.6 Å². The monoisotopic (exact) mass is 341 g/mol. The zero-order valence-electron chi connectivity index (χ0n) is 9.14. The summed E-state index contributed by atoms with van der Waals surface area (Å²) in [5.41, 5.74) is 7.01. The Kier molecular flexibility index (Phi) is 2.87. The molecular weight excluding hydrogens is 329 g/mol. The second kappa shape index (κ2) is 4.38. The third-order valence-corrected chi connectivity index (χ3v) is 3.91. The molecule has 2 N–H and O–H groups in total. The van der Waals surface area contributed by atoms with Gasteiger partial charge < -0.3 is 10.3 Å². The number of hydrogen-bond acceptors (Lipinski definition) is 4. The molecule has 1 fully saturated rings. The molecule has 0 amide bonds. The molecule has 0 aliphatic heterocycles. The van der Waals surface area contributed by atoms with Crippen LogP contribution in [0, 0.1) is 9.49 Å². The van der Waals surface area contributed by atoms with Gasteiger partial charge in [0.05, 0.1) is 11.6 Å². The molecule has 1 heterocycles. The van der Waals surface area contributed by atoms with Crippen LogP contribution >= 0.6 is 22.6 Å². The minimum absolute atomic E-state index is 0.0751. The van der Waals surface area contributed by atoms with Crippen molar-refractivity contribution in [2.24, 2.45) is 11.7 Å². The predicted molar refractivity (Wildman–Crippen MR) is 72.1 cm³/mol. The van der Waals surface area contributed by atoms with Crippen molar-refractivity contribution in [2.75, 3.05) is 0 Å². The van der Waals surface area contributed by atoms with E-state index in [-0.39, 0.29) is 6.04 Å². The van der Waals surface area contributed by atoms with Gasteiger partial charge in [-0.3, -0.25) is 0 Å². The molecule has 0 radical (unpaired) electrons. The lowest BCUT2D eigenvalue weighted by Gasteiger charge is -2.02. The highest BCUT2D eigenvalue weighted by atomic mass is 127. The predicted octanol–water partition coefficient (Wildman–Crippen LogP) is 2.75. The lowest BCUT2D eigenvalue weighted by Crippen LogP contribution is -2.13. The lowest BCUT2D eigenvalue weighted by atomic mass is 10.2. The first-order valence-corrected chi connectivity index (χ1v) is 6.67. The van der Waals surface area contributed by atoms with Crippen LogP contribution in [0.15, 0.2) is 28.8 Å². The second-order valence-electron chi connectivity index (χ2n) is 4.30. The molecule has 88 valence electrons. The molecule has 1 unspecified atom stereocenters. The molecule has 17 heavy (non-hydrogen) atoms. The molecule has 2 aromatic rings. The molecule has 0 saturated heterocycles. The quantitative estimate of drug-likeness (QED) is 0.872. The van der Waals surface area contributed by atoms with Crippen molar-refractivity contribution in [1.29, 1.82) is 0 Å². The third-order valence-electron chi connectivity index (χ3n) is 2.97. The minimum atomic E-state index is -0.0751. The van der Waals surface area contributed by atoms with E-state index in [1.54, 1.807) is 0 Å². The number of halogens is 1. The van der Waals surface area contributed by atoms with Crippen molar-refractivity contribution in [3.05, 3.63) is 33.7 Å². The molecule has 1 aliphatic carbocycles. The van der Waals surface area contributed by atoms with Crippen molar-refractivity contribution in [1.82, 2.24) is 10.1 Å². The second-order valence-corrected chi connectivity index (χ2v) is 5.46. The van der Waals surface area contributed by atoms with Gasteiger partial charge in [0.1, 0.15) is 0 Å². The number of hydrogen-bond donors (Lipinski definition) is 1. The molecule has 1 aromatic carbocycles. The number of nitrogens with zero attached hydrogens (tertiary/aromatic N) is 2. The molecule has 5 heteroatoms. The Morgan fingerprint density at radius 3 is 2.82 bits per heavy atom. The van der Waals surface area contributed by atoms with Gasteiger partial charge in [0.15, 0.2) is 5.82 Å². The summed E-state index contributed by atoms with van der Waals surface area (Å²) in [6, 6.07) is 7.86. The first-order chi connectivity index (χ1) is 8.25. The molecule has 1 atom stereocenters. The van der Waals surface area contributed by atoms with Crippen LogP contribution in [0.4, 0.5) is 0 Å². The zero-order valence-corrected chi connectivity index (χ0v) is 11.3. The Bertz CT molecular complexity index is 536. The molecule has 0 bridgehead atoms. The van der Waals surface area contributed by atoms with E-state index in [9.17, 15) is 0 Å². The van der Waals surface area contributed by atoms with Gasteiger partial charge in [0, 0.05) is 3.57 Å². The Morgan fingerprint density at radius 2 is 2.12 bits per heavy atom. The van der Waals surface area contributed by atoms with Crippen LogP contribution in [0.25, 0.3) is 11.5 Å². The van der Waals surface area contributed by atoms with Gasteiger partial charge in [-0.15, -0.1) is 0 Å². The highest BCUT2D eigenvalue weighted by Crippen LogP contribution is 2.38. The first kappa shape index (κ1) is 11.2. The van der Waals surface area contributed by atoms with E-state index in [1.165, 1.54) is 12.8 Å². The minimum Gasteiger partial charge on any atom is -0.334 e. The molecule has 1 saturated carbocycles. The summed E-state index contributed by atoms with van der Waals surface area (Å²) in [6.07, 6.45) is 2.35. The van der Waals surface area contributed by atoms with Crippen LogP contribution in [0.3, 0.4) is 0 Å². The average Bonchev–Trinajstić information content (AvgIpc) is 3.07. The maximum atomic E-state index is 6.04. The van der Waals surface area contributed by atoms with Crippen LogP contribution in [0.5, 0.6) is 0 Å². The number of rotatable bonds is 3. The van der Waals surface area contributed by atoms with Crippen molar-refractivity contribution in [3.63, 3.8) is 0 Å². The van der Waals surface area contributed by atoms with E-state index in [1.807, 2.05) is 24.3 Å². The SMILES string of the molecule is NC(c1noc(-c2ccccc2I)n1)C1CC1. The Labute approximate surface area is 113 Å². The Morgan fingerprint density at radius 1 is 1.35 bits per heavy atom. The van der Waals surface area contributed by atoms with E-state index in [4.69, 9.17) is 10.3 Å². The van der Waals surface area contributed by atoms with Gasteiger partial charge in [-0.1, -0.05) is 17.3 Å². The van der Waals surface area contributed by atoms with Crippen LogP contribution in [-0.4, -0.2) is 10.1 Å². The zero-order chi connectivity index (χ0) is 11.8. The summed E-state index contributed by atoms with van der Waals surface area (Å²) in [6.45, 7) is 0. The van der Waals surface area contributed by atoms with Gasteiger partial charge >= 0.3 is 0 Å². The smallest absolute Gasteiger partial charge is 0.259 e. The van der Waals surface area contributed by atoms with Gasteiger partial charge in [-0.2, -0.15) is 4.98 Å². The average molecular weight is 341 g/mol. The summed E-state index contributed by atoms with van der Waals surface area (Å²) < 4.78 is 6.38. The maximum Gasteiger partial charge on any atom is 0.259 e. The van der Waals surface area contributed by atoms with Crippen LogP contribution in [0.1, 0.15) is 24.7 Å². The fourth-order valence-corrected chi connectivity index (χ4v) is 2.40. The first-order valence-electron chi connectivity index (χ1n) is 5.60. The third kappa shape index (κ3) is 2.21. The highest BCUT2D eigenvalue weighted by molar-refractivity contribution is 14.1. The largest absolute Gasteiger partial charge is 0.334 e. The summed E-state index contributed by atoms with van der Waals surface area (Å²) in [4.78, 5) is 4.39. The lowest BCUT2D eigenvalue weighted by molar-refractivity contribution is 0.411. The molecule has 3 rings (SSSR count). The standard InChI is InChI=1S/C12H12IN3O/c13-9-4-2-1-3-8(9)12-15-11(16-17-12)10(14)7-5-6-7/h1-4,7,10H,5-6,14H2. The topological polar surface area (TPSA) is 64.9 Å². The van der Waals surface area contributed by atoms with Crippen molar-refractivity contribution in [2.45, 2.75) is 18.9 Å². The van der Waals surface area contributed by atoms with Gasteiger partial charge in [0.25, 0.3) is 5.89 Å². The van der Waals surface area contributed by atoms with Crippen LogP contribution in [-0.2, 0) is 0 Å². The van der Waals surface area contributed by atoms with Crippen molar-refractivity contribution < 1.29 is 4.52 Å². The molecule has 1 aliphatic rings. The van der Waals surface area contributed by atoms with E-state index < -0.39 is 0 Å². The van der Waals surface area contributed by atoms with Crippen molar-refractivity contribution in [3.8, 4) is 11.5 Å². The molecule has 1 aromatic heterocycles. The maximum absolute atomic E-state index is 6.04. The summed E-state index contributed by atoms with van der Waals surface area (Å²) >= 11 is 2.26. The molecular formula is C12H12IN3O. The van der Waals surface area contributed by atoms with Gasteiger partial charge in [-0.05, 0) is 53.5 Å². The Hall–Kier alpha value is -0.950. The normalized spacial score (nSPS) is 17.1. The highest BCUT2D eigenvalue weighted by Gasteiger charge is 2.32. The summed E-state index contributed by atoms with van der Waals surface area (Å²) in [7, 11) is 0. The van der Waals surface area contributed by atoms with Crippen LogP contribution < -0.4 is 5.73 Å². The van der Waals surface area contributed by atoms with E-state index in [2.05, 4.69) is 32.7 Å². The Balaban J connectivity index is 1.92. The van der Waals surface area contributed by atoms with Crippen molar-refractivity contribution >= 4 is 22.6 Å². The summed E-state index contributed by atoms with van der Waals surface area (Å²) in [5.74, 6) is 1.72. The van der Waals surface area contributed by atoms with E-state index in [0.717, 1.165) is 9.13 Å². The molecule has 4 nitrogen and oxygen atoms in total. The number of benzene rings is 1. The fourth-order valence-electron chi connectivity index (χ4n) is 1.78. The fraction of sp³-hybridized carbons (Fsp3) is 0.333. The number of aromatic nitrogens is 2. The van der Waals surface area contributed by atoms with Crippen LogP contribution in [0.2, 0.25) is 0 Å². The van der Waals surface area contributed by atoms with Gasteiger partial charge in [0.2, 0.25) is 0 Å². The van der Waals surface area contributed by atoms with Gasteiger partial charge in [-0.25, -0.2) is 0 Å².